The lowest BCUT2D eigenvalue weighted by Gasteiger charge is -2.43. The first-order chi connectivity index (χ1) is 15.4. The van der Waals surface area contributed by atoms with Crippen LogP contribution >= 0.6 is 11.3 Å². The van der Waals surface area contributed by atoms with Crippen molar-refractivity contribution >= 4 is 23.2 Å². The predicted octanol–water partition coefficient (Wildman–Crippen LogP) is 4.07. The third kappa shape index (κ3) is 4.43. The zero-order valence-corrected chi connectivity index (χ0v) is 19.6. The summed E-state index contributed by atoms with van der Waals surface area (Å²) in [5, 5.41) is 1.91. The first kappa shape index (κ1) is 22.1. The van der Waals surface area contributed by atoms with Gasteiger partial charge in [0.1, 0.15) is 6.33 Å². The van der Waals surface area contributed by atoms with Crippen LogP contribution in [0.1, 0.15) is 33.6 Å². The number of nitrogens with zero attached hydrogens (tertiary/aromatic N) is 4. The van der Waals surface area contributed by atoms with Gasteiger partial charge in [0.05, 0.1) is 11.0 Å². The van der Waals surface area contributed by atoms with Crippen molar-refractivity contribution in [3.63, 3.8) is 0 Å². The van der Waals surface area contributed by atoms with Crippen LogP contribution in [0.2, 0.25) is 0 Å². The normalized spacial score (nSPS) is 18.4. The summed E-state index contributed by atoms with van der Waals surface area (Å²) in [6, 6.07) is 10.0. The van der Waals surface area contributed by atoms with Gasteiger partial charge in [-0.2, -0.15) is 0 Å². The highest BCUT2D eigenvalue weighted by atomic mass is 32.1. The highest BCUT2D eigenvalue weighted by Gasteiger charge is 2.44. The van der Waals surface area contributed by atoms with Crippen LogP contribution in [0.5, 0.6) is 0 Å². The molecule has 7 heteroatoms. The molecule has 1 atom stereocenters. The quantitative estimate of drug-likeness (QED) is 0.590. The summed E-state index contributed by atoms with van der Waals surface area (Å²) >= 11 is 1.58. The highest BCUT2D eigenvalue weighted by molar-refractivity contribution is 7.10. The Morgan fingerprint density at radius 3 is 2.62 bits per heavy atom. The second-order valence-electron chi connectivity index (χ2n) is 8.72. The number of likely N-dealkylation sites (tertiary alicyclic amines) is 1. The summed E-state index contributed by atoms with van der Waals surface area (Å²) in [6.45, 7) is 3.09. The van der Waals surface area contributed by atoms with Gasteiger partial charge in [0, 0.05) is 55.4 Å². The molecule has 1 fully saturated rings. The molecule has 2 aromatic heterocycles. The SMILES string of the molecule is Cc1cc(C(=O)N2CCC[C@](Cc3ccccc3-c3cncnc3)(C(=O)N(C)C)C2)cs1. The maximum atomic E-state index is 13.5. The molecule has 1 aliphatic rings. The molecular weight excluding hydrogens is 420 g/mol. The molecule has 0 N–H and O–H groups in total. The number of thiophene rings is 1. The fourth-order valence-corrected chi connectivity index (χ4v) is 5.35. The first-order valence-electron chi connectivity index (χ1n) is 10.8. The largest absolute Gasteiger partial charge is 0.348 e. The van der Waals surface area contributed by atoms with Crippen LogP contribution in [0.25, 0.3) is 11.1 Å². The summed E-state index contributed by atoms with van der Waals surface area (Å²) in [5.74, 6) is 0.0744. The summed E-state index contributed by atoms with van der Waals surface area (Å²) in [6.07, 6.45) is 7.20. The zero-order valence-electron chi connectivity index (χ0n) is 18.7. The average molecular weight is 449 g/mol. The van der Waals surface area contributed by atoms with Gasteiger partial charge < -0.3 is 9.80 Å². The maximum Gasteiger partial charge on any atom is 0.254 e. The molecule has 3 aromatic rings. The smallest absolute Gasteiger partial charge is 0.254 e. The number of piperidine rings is 1. The second-order valence-corrected chi connectivity index (χ2v) is 9.83. The van der Waals surface area contributed by atoms with Gasteiger partial charge in [-0.15, -0.1) is 11.3 Å². The number of carbonyl (C=O) groups is 2. The van der Waals surface area contributed by atoms with Gasteiger partial charge in [0.2, 0.25) is 5.91 Å². The van der Waals surface area contributed by atoms with E-state index in [9.17, 15) is 9.59 Å². The zero-order chi connectivity index (χ0) is 22.7. The monoisotopic (exact) mass is 448 g/mol. The average Bonchev–Trinajstić information content (AvgIpc) is 3.25. The highest BCUT2D eigenvalue weighted by Crippen LogP contribution is 2.38. The Labute approximate surface area is 192 Å². The van der Waals surface area contributed by atoms with E-state index in [-0.39, 0.29) is 11.8 Å². The molecule has 3 heterocycles. The van der Waals surface area contributed by atoms with Crippen LogP contribution in [-0.4, -0.2) is 58.8 Å². The maximum absolute atomic E-state index is 13.5. The van der Waals surface area contributed by atoms with E-state index in [0.29, 0.717) is 25.1 Å². The first-order valence-corrected chi connectivity index (χ1v) is 11.7. The number of aryl methyl sites for hydroxylation is 1. The van der Waals surface area contributed by atoms with Gasteiger partial charge in [-0.25, -0.2) is 9.97 Å². The number of amides is 2. The van der Waals surface area contributed by atoms with E-state index in [4.69, 9.17) is 0 Å². The number of aromatic nitrogens is 2. The van der Waals surface area contributed by atoms with E-state index in [1.165, 1.54) is 6.33 Å². The van der Waals surface area contributed by atoms with E-state index in [1.54, 1.807) is 42.7 Å². The molecule has 1 saturated heterocycles. The summed E-state index contributed by atoms with van der Waals surface area (Å²) in [5.41, 5.74) is 3.05. The summed E-state index contributed by atoms with van der Waals surface area (Å²) in [4.78, 5) is 39.7. The molecule has 1 aliphatic heterocycles. The van der Waals surface area contributed by atoms with Crippen molar-refractivity contribution in [3.05, 3.63) is 70.4 Å². The lowest BCUT2D eigenvalue weighted by atomic mass is 9.73. The lowest BCUT2D eigenvalue weighted by Crippen LogP contribution is -2.54. The standard InChI is InChI=1S/C25H28N4O2S/c1-18-11-20(15-32-18)23(30)29-10-6-9-25(16-29,24(31)28(2)3)12-19-7-4-5-8-22(19)21-13-26-17-27-14-21/h4-5,7-8,11,13-15,17H,6,9-10,12,16H2,1-3H3/t25-/m1/s1. The summed E-state index contributed by atoms with van der Waals surface area (Å²) in [7, 11) is 3.59. The summed E-state index contributed by atoms with van der Waals surface area (Å²) < 4.78 is 0. The van der Waals surface area contributed by atoms with Gasteiger partial charge in [-0.1, -0.05) is 24.3 Å². The van der Waals surface area contributed by atoms with Crippen LogP contribution < -0.4 is 0 Å². The Kier molecular flexibility index (Phi) is 6.37. The number of hydrogen-bond donors (Lipinski definition) is 0. The predicted molar refractivity (Wildman–Crippen MR) is 126 cm³/mol. The van der Waals surface area contributed by atoms with E-state index in [1.807, 2.05) is 41.5 Å². The van der Waals surface area contributed by atoms with Crippen molar-refractivity contribution in [1.82, 2.24) is 19.8 Å². The van der Waals surface area contributed by atoms with Gasteiger partial charge in [0.15, 0.2) is 0 Å². The molecule has 0 spiro atoms. The van der Waals surface area contributed by atoms with Crippen molar-refractivity contribution < 1.29 is 9.59 Å². The van der Waals surface area contributed by atoms with Crippen molar-refractivity contribution in [2.24, 2.45) is 5.41 Å². The number of rotatable bonds is 5. The molecule has 6 nitrogen and oxygen atoms in total. The molecule has 32 heavy (non-hydrogen) atoms. The van der Waals surface area contributed by atoms with Crippen LogP contribution in [0, 0.1) is 12.3 Å². The Morgan fingerprint density at radius 1 is 1.19 bits per heavy atom. The van der Waals surface area contributed by atoms with Gasteiger partial charge in [-0.05, 0) is 43.4 Å². The molecule has 0 aliphatic carbocycles. The Bertz CT molecular complexity index is 1110. The molecule has 0 unspecified atom stereocenters. The molecule has 1 aromatic carbocycles. The molecular formula is C25H28N4O2S. The van der Waals surface area contributed by atoms with E-state index in [2.05, 4.69) is 16.0 Å². The Balaban J connectivity index is 1.69. The Morgan fingerprint density at radius 2 is 1.94 bits per heavy atom. The molecule has 0 bridgehead atoms. The van der Waals surface area contributed by atoms with Gasteiger partial charge >= 0.3 is 0 Å². The third-order valence-corrected chi connectivity index (χ3v) is 6.98. The molecule has 0 radical (unpaired) electrons. The number of benzene rings is 1. The van der Waals surface area contributed by atoms with Crippen molar-refractivity contribution in [2.75, 3.05) is 27.2 Å². The van der Waals surface area contributed by atoms with Gasteiger partial charge in [0.25, 0.3) is 5.91 Å². The fraction of sp³-hybridized carbons (Fsp3) is 0.360. The third-order valence-electron chi connectivity index (χ3n) is 6.12. The van der Waals surface area contributed by atoms with Crippen LogP contribution in [0.4, 0.5) is 0 Å². The van der Waals surface area contributed by atoms with Crippen molar-refractivity contribution in [1.29, 1.82) is 0 Å². The second kappa shape index (κ2) is 9.20. The molecule has 2 amide bonds. The van der Waals surface area contributed by atoms with Gasteiger partial charge in [-0.3, -0.25) is 9.59 Å². The van der Waals surface area contributed by atoms with Crippen LogP contribution in [-0.2, 0) is 11.2 Å². The molecule has 4 rings (SSSR count). The Hall–Kier alpha value is -3.06. The topological polar surface area (TPSA) is 66.4 Å². The minimum absolute atomic E-state index is 0.00901. The van der Waals surface area contributed by atoms with Crippen LogP contribution in [0.15, 0.2) is 54.4 Å². The lowest BCUT2D eigenvalue weighted by molar-refractivity contribution is -0.142. The van der Waals surface area contributed by atoms with E-state index < -0.39 is 5.41 Å². The number of carbonyl (C=O) groups excluding carboxylic acids is 2. The van der Waals surface area contributed by atoms with Crippen molar-refractivity contribution in [2.45, 2.75) is 26.2 Å². The van der Waals surface area contributed by atoms with Crippen LogP contribution in [0.3, 0.4) is 0 Å². The van der Waals surface area contributed by atoms with E-state index >= 15 is 0 Å². The van der Waals surface area contributed by atoms with Crippen molar-refractivity contribution in [3.8, 4) is 11.1 Å². The molecule has 166 valence electrons. The minimum Gasteiger partial charge on any atom is -0.348 e. The minimum atomic E-state index is -0.672. The van der Waals surface area contributed by atoms with E-state index in [0.717, 1.165) is 34.4 Å². The number of hydrogen-bond acceptors (Lipinski definition) is 5. The fourth-order valence-electron chi connectivity index (χ4n) is 4.67. The molecule has 0 saturated carbocycles.